The van der Waals surface area contributed by atoms with Crippen molar-refractivity contribution in [3.05, 3.63) is 46.2 Å². The average Bonchev–Trinajstić information content (AvgIpc) is 2.08. The number of rotatable bonds is 3. The van der Waals surface area contributed by atoms with Crippen LogP contribution in [-0.2, 0) is 0 Å². The maximum Gasteiger partial charge on any atom is 0.137 e. The summed E-state index contributed by atoms with van der Waals surface area (Å²) in [5, 5.41) is 0. The summed E-state index contributed by atoms with van der Waals surface area (Å²) >= 11 is 3.13. The Balaban J connectivity index is 2.85. The van der Waals surface area contributed by atoms with Crippen molar-refractivity contribution in [2.75, 3.05) is 0 Å². The molecule has 0 spiro atoms. The van der Waals surface area contributed by atoms with Gasteiger partial charge in [-0.25, -0.2) is 4.39 Å². The first-order valence-corrected chi connectivity index (χ1v) is 5.15. The van der Waals surface area contributed by atoms with E-state index in [0.717, 1.165) is 17.6 Å². The molecule has 2 N–H and O–H groups in total. The highest BCUT2D eigenvalue weighted by molar-refractivity contribution is 9.10. The maximum atomic E-state index is 12.9. The van der Waals surface area contributed by atoms with Crippen molar-refractivity contribution >= 4 is 15.9 Å². The molecule has 0 heterocycles. The summed E-state index contributed by atoms with van der Waals surface area (Å²) in [5.74, 6) is -0.267. The Morgan fingerprint density at radius 2 is 2.29 bits per heavy atom. The van der Waals surface area contributed by atoms with E-state index in [-0.39, 0.29) is 11.9 Å². The highest BCUT2D eigenvalue weighted by Crippen LogP contribution is 2.23. The molecule has 14 heavy (non-hydrogen) atoms. The fourth-order valence-corrected chi connectivity index (χ4v) is 1.63. The molecular formula is C11H13BrFN. The first kappa shape index (κ1) is 11.4. The zero-order chi connectivity index (χ0) is 10.7. The largest absolute Gasteiger partial charge is 0.324 e. The van der Waals surface area contributed by atoms with Crippen LogP contribution in [0.5, 0.6) is 0 Å². The average molecular weight is 258 g/mol. The molecule has 0 saturated heterocycles. The maximum absolute atomic E-state index is 12.9. The summed E-state index contributed by atoms with van der Waals surface area (Å²) in [7, 11) is 0. The van der Waals surface area contributed by atoms with Gasteiger partial charge in [0.05, 0.1) is 4.47 Å². The third-order valence-corrected chi connectivity index (χ3v) is 2.55. The second-order valence-electron chi connectivity index (χ2n) is 3.44. The minimum Gasteiger partial charge on any atom is -0.324 e. The molecular weight excluding hydrogens is 245 g/mol. The molecule has 0 aliphatic rings. The molecule has 0 aliphatic heterocycles. The molecule has 1 rings (SSSR count). The van der Waals surface area contributed by atoms with E-state index in [1.807, 2.05) is 6.92 Å². The highest BCUT2D eigenvalue weighted by Gasteiger charge is 2.08. The minimum atomic E-state index is -0.267. The Bertz CT molecular complexity index is 349. The fourth-order valence-electron chi connectivity index (χ4n) is 1.24. The van der Waals surface area contributed by atoms with Crippen LogP contribution in [0.15, 0.2) is 34.8 Å². The molecule has 76 valence electrons. The van der Waals surface area contributed by atoms with Crippen molar-refractivity contribution in [2.24, 2.45) is 5.73 Å². The lowest BCUT2D eigenvalue weighted by atomic mass is 10.0. The lowest BCUT2D eigenvalue weighted by molar-refractivity contribution is 0.617. The monoisotopic (exact) mass is 257 g/mol. The molecule has 0 amide bonds. The lowest BCUT2D eigenvalue weighted by Crippen LogP contribution is -2.10. The summed E-state index contributed by atoms with van der Waals surface area (Å²) < 4.78 is 13.4. The third-order valence-electron chi connectivity index (χ3n) is 1.94. The summed E-state index contributed by atoms with van der Waals surface area (Å²) in [5.41, 5.74) is 7.85. The van der Waals surface area contributed by atoms with Crippen LogP contribution >= 0.6 is 15.9 Å². The SMILES string of the molecule is C=C(C)C[C@@H](N)c1ccc(F)c(Br)c1. The standard InChI is InChI=1S/C11H13BrFN/c1-7(2)5-11(14)8-3-4-10(13)9(12)6-8/h3-4,6,11H,1,5,14H2,2H3/t11-/m1/s1. The van der Waals surface area contributed by atoms with Crippen LogP contribution in [-0.4, -0.2) is 0 Å². The molecule has 1 aromatic carbocycles. The number of hydrogen-bond donors (Lipinski definition) is 1. The van der Waals surface area contributed by atoms with Gasteiger partial charge in [-0.1, -0.05) is 11.6 Å². The van der Waals surface area contributed by atoms with E-state index in [4.69, 9.17) is 5.73 Å². The predicted molar refractivity (Wildman–Crippen MR) is 60.5 cm³/mol. The van der Waals surface area contributed by atoms with Crippen LogP contribution in [0.4, 0.5) is 4.39 Å². The predicted octanol–water partition coefficient (Wildman–Crippen LogP) is 3.55. The summed E-state index contributed by atoms with van der Waals surface area (Å²) in [6, 6.07) is 4.72. The van der Waals surface area contributed by atoms with Crippen molar-refractivity contribution < 1.29 is 4.39 Å². The topological polar surface area (TPSA) is 26.0 Å². The molecule has 0 fully saturated rings. The van der Waals surface area contributed by atoms with Gasteiger partial charge in [-0.15, -0.1) is 6.58 Å². The van der Waals surface area contributed by atoms with Crippen molar-refractivity contribution in [3.8, 4) is 0 Å². The van der Waals surface area contributed by atoms with Gasteiger partial charge in [0.1, 0.15) is 5.82 Å². The van der Waals surface area contributed by atoms with E-state index in [0.29, 0.717) is 4.47 Å². The Hall–Kier alpha value is -0.670. The first-order chi connectivity index (χ1) is 6.50. The molecule has 1 atom stereocenters. The number of benzene rings is 1. The van der Waals surface area contributed by atoms with Gasteiger partial charge in [-0.2, -0.15) is 0 Å². The van der Waals surface area contributed by atoms with Gasteiger partial charge in [0.25, 0.3) is 0 Å². The normalized spacial score (nSPS) is 12.6. The van der Waals surface area contributed by atoms with Crippen molar-refractivity contribution in [2.45, 2.75) is 19.4 Å². The minimum absolute atomic E-state index is 0.107. The molecule has 0 aromatic heterocycles. The Morgan fingerprint density at radius 1 is 1.64 bits per heavy atom. The van der Waals surface area contributed by atoms with Crippen LogP contribution in [0.25, 0.3) is 0 Å². The Morgan fingerprint density at radius 3 is 2.79 bits per heavy atom. The van der Waals surface area contributed by atoms with Crippen molar-refractivity contribution in [1.82, 2.24) is 0 Å². The second-order valence-corrected chi connectivity index (χ2v) is 4.30. The van der Waals surface area contributed by atoms with Crippen LogP contribution in [0, 0.1) is 5.82 Å². The molecule has 0 unspecified atom stereocenters. The van der Waals surface area contributed by atoms with Crippen LogP contribution in [0.3, 0.4) is 0 Å². The first-order valence-electron chi connectivity index (χ1n) is 4.35. The van der Waals surface area contributed by atoms with Gasteiger partial charge in [0.2, 0.25) is 0 Å². The van der Waals surface area contributed by atoms with Gasteiger partial charge in [-0.05, 0) is 47.0 Å². The van der Waals surface area contributed by atoms with Crippen LogP contribution < -0.4 is 5.73 Å². The zero-order valence-corrected chi connectivity index (χ0v) is 9.64. The molecule has 3 heteroatoms. The molecule has 0 radical (unpaired) electrons. The van der Waals surface area contributed by atoms with Crippen LogP contribution in [0.1, 0.15) is 24.9 Å². The number of halogens is 2. The van der Waals surface area contributed by atoms with E-state index in [9.17, 15) is 4.39 Å². The van der Waals surface area contributed by atoms with E-state index in [1.165, 1.54) is 6.07 Å². The molecule has 0 aliphatic carbocycles. The quantitative estimate of drug-likeness (QED) is 0.824. The van der Waals surface area contributed by atoms with E-state index in [1.54, 1.807) is 12.1 Å². The van der Waals surface area contributed by atoms with Gasteiger partial charge in [0.15, 0.2) is 0 Å². The summed E-state index contributed by atoms with van der Waals surface area (Å²) in [6.07, 6.45) is 0.720. The Kier molecular flexibility index (Phi) is 3.84. The molecule has 0 saturated carbocycles. The summed E-state index contributed by atoms with van der Waals surface area (Å²) in [4.78, 5) is 0. The van der Waals surface area contributed by atoms with E-state index >= 15 is 0 Å². The number of hydrogen-bond acceptors (Lipinski definition) is 1. The van der Waals surface area contributed by atoms with Gasteiger partial charge in [0, 0.05) is 6.04 Å². The highest BCUT2D eigenvalue weighted by atomic mass is 79.9. The summed E-state index contributed by atoms with van der Waals surface area (Å²) in [6.45, 7) is 5.72. The van der Waals surface area contributed by atoms with E-state index in [2.05, 4.69) is 22.5 Å². The van der Waals surface area contributed by atoms with Crippen LogP contribution in [0.2, 0.25) is 0 Å². The van der Waals surface area contributed by atoms with Gasteiger partial charge >= 0.3 is 0 Å². The smallest absolute Gasteiger partial charge is 0.137 e. The van der Waals surface area contributed by atoms with Crippen molar-refractivity contribution in [1.29, 1.82) is 0 Å². The van der Waals surface area contributed by atoms with E-state index < -0.39 is 0 Å². The fraction of sp³-hybridized carbons (Fsp3) is 0.273. The number of nitrogens with two attached hydrogens (primary N) is 1. The zero-order valence-electron chi connectivity index (χ0n) is 8.06. The molecule has 1 aromatic rings. The Labute approximate surface area is 91.9 Å². The second kappa shape index (κ2) is 4.71. The lowest BCUT2D eigenvalue weighted by Gasteiger charge is -2.12. The van der Waals surface area contributed by atoms with Crippen molar-refractivity contribution in [3.63, 3.8) is 0 Å². The molecule has 1 nitrogen and oxygen atoms in total. The third kappa shape index (κ3) is 2.93. The van der Waals surface area contributed by atoms with Gasteiger partial charge in [-0.3, -0.25) is 0 Å². The van der Waals surface area contributed by atoms with Gasteiger partial charge < -0.3 is 5.73 Å². The molecule has 0 bridgehead atoms.